The van der Waals surface area contributed by atoms with E-state index in [2.05, 4.69) is 10.3 Å². The fourth-order valence-corrected chi connectivity index (χ4v) is 3.57. The van der Waals surface area contributed by atoms with Gasteiger partial charge in [0.25, 0.3) is 5.91 Å². The van der Waals surface area contributed by atoms with Gasteiger partial charge in [-0.05, 0) is 18.9 Å². The predicted octanol–water partition coefficient (Wildman–Crippen LogP) is 2.03. The first-order valence-electron chi connectivity index (χ1n) is 10.0. The van der Waals surface area contributed by atoms with Crippen molar-refractivity contribution in [2.75, 3.05) is 46.4 Å². The number of carbonyl (C=O) groups is 1. The number of alkyl halides is 3. The molecule has 0 spiro atoms. The second-order valence-corrected chi connectivity index (χ2v) is 7.23. The summed E-state index contributed by atoms with van der Waals surface area (Å²) in [6, 6.07) is 6.61. The Morgan fingerprint density at radius 3 is 2.57 bits per heavy atom. The van der Waals surface area contributed by atoms with Crippen LogP contribution in [-0.2, 0) is 16.1 Å². The summed E-state index contributed by atoms with van der Waals surface area (Å²) in [5.41, 5.74) is 0.607. The highest BCUT2D eigenvalue weighted by atomic mass is 19.4. The van der Waals surface area contributed by atoms with Crippen molar-refractivity contribution < 1.29 is 27.4 Å². The van der Waals surface area contributed by atoms with Crippen molar-refractivity contribution in [1.82, 2.24) is 15.1 Å². The first-order chi connectivity index (χ1) is 14.4. The van der Waals surface area contributed by atoms with E-state index in [1.807, 2.05) is 9.80 Å². The Hall–Kier alpha value is -2.49. The number of halogens is 3. The summed E-state index contributed by atoms with van der Waals surface area (Å²) >= 11 is 0. The van der Waals surface area contributed by atoms with Crippen LogP contribution >= 0.6 is 0 Å². The highest BCUT2D eigenvalue weighted by Gasteiger charge is 2.31. The zero-order valence-corrected chi connectivity index (χ0v) is 17.0. The van der Waals surface area contributed by atoms with E-state index in [4.69, 9.17) is 9.47 Å². The number of guanidine groups is 1. The summed E-state index contributed by atoms with van der Waals surface area (Å²) in [5, 5.41) is 3.18. The van der Waals surface area contributed by atoms with E-state index in [1.165, 1.54) is 6.07 Å². The van der Waals surface area contributed by atoms with Gasteiger partial charge in [-0.15, -0.1) is 0 Å². The van der Waals surface area contributed by atoms with Crippen LogP contribution in [0.2, 0.25) is 0 Å². The molecule has 3 rings (SSSR count). The van der Waals surface area contributed by atoms with Gasteiger partial charge in [0.1, 0.15) is 11.9 Å². The lowest BCUT2D eigenvalue weighted by atomic mass is 10.2. The Morgan fingerprint density at radius 1 is 1.23 bits per heavy atom. The standard InChI is InChI=1S/C20H27F3N4O3/c1-24-19(25-13-15-5-2-3-6-16(15)30-14-20(21,22)23)27-10-8-26(9-11-27)18(28)17-7-4-12-29-17/h2-3,5-6,17H,4,7-14H2,1H3,(H,24,25). The Morgan fingerprint density at radius 2 is 1.93 bits per heavy atom. The van der Waals surface area contributed by atoms with Gasteiger partial charge in [-0.25, -0.2) is 0 Å². The van der Waals surface area contributed by atoms with Gasteiger partial charge in [-0.3, -0.25) is 9.79 Å². The molecular weight excluding hydrogens is 401 g/mol. The molecule has 7 nitrogen and oxygen atoms in total. The number of carbonyl (C=O) groups excluding carboxylic acids is 1. The molecule has 1 aromatic carbocycles. The minimum Gasteiger partial charge on any atom is -0.484 e. The molecule has 0 bridgehead atoms. The van der Waals surface area contributed by atoms with E-state index in [0.717, 1.165) is 12.8 Å². The largest absolute Gasteiger partial charge is 0.484 e. The summed E-state index contributed by atoms with van der Waals surface area (Å²) in [5.74, 6) is 0.862. The molecule has 2 aliphatic heterocycles. The number of rotatable bonds is 5. The summed E-state index contributed by atoms with van der Waals surface area (Å²) in [4.78, 5) is 20.6. The fraction of sp³-hybridized carbons (Fsp3) is 0.600. The molecule has 30 heavy (non-hydrogen) atoms. The molecule has 2 aliphatic rings. The van der Waals surface area contributed by atoms with Crippen molar-refractivity contribution in [3.05, 3.63) is 29.8 Å². The van der Waals surface area contributed by atoms with Crippen LogP contribution in [0.1, 0.15) is 18.4 Å². The molecule has 1 atom stereocenters. The van der Waals surface area contributed by atoms with E-state index < -0.39 is 12.8 Å². The van der Waals surface area contributed by atoms with Crippen molar-refractivity contribution in [2.24, 2.45) is 4.99 Å². The summed E-state index contributed by atoms with van der Waals surface area (Å²) in [6.07, 6.45) is -3.02. The average molecular weight is 428 g/mol. The van der Waals surface area contributed by atoms with E-state index in [1.54, 1.807) is 25.2 Å². The third-order valence-corrected chi connectivity index (χ3v) is 5.11. The quantitative estimate of drug-likeness (QED) is 0.574. The normalized spacial score (nSPS) is 20.4. The zero-order valence-electron chi connectivity index (χ0n) is 17.0. The Balaban J connectivity index is 1.52. The third kappa shape index (κ3) is 6.01. The maximum absolute atomic E-state index is 12.5. The number of hydrogen-bond acceptors (Lipinski definition) is 4. The van der Waals surface area contributed by atoms with Gasteiger partial charge in [0.2, 0.25) is 0 Å². The van der Waals surface area contributed by atoms with Crippen LogP contribution in [-0.4, -0.2) is 80.4 Å². The maximum atomic E-state index is 12.5. The fourth-order valence-electron chi connectivity index (χ4n) is 3.57. The summed E-state index contributed by atoms with van der Waals surface area (Å²) in [6.45, 7) is 1.96. The molecule has 10 heteroatoms. The molecule has 2 fully saturated rings. The van der Waals surface area contributed by atoms with Gasteiger partial charge in [-0.2, -0.15) is 13.2 Å². The zero-order chi connectivity index (χ0) is 21.6. The van der Waals surface area contributed by atoms with Gasteiger partial charge in [0, 0.05) is 51.9 Å². The summed E-state index contributed by atoms with van der Waals surface area (Å²) < 4.78 is 47.8. The second kappa shape index (κ2) is 10.0. The van der Waals surface area contributed by atoms with Crippen molar-refractivity contribution in [1.29, 1.82) is 0 Å². The van der Waals surface area contributed by atoms with Gasteiger partial charge in [0.15, 0.2) is 12.6 Å². The summed E-state index contributed by atoms with van der Waals surface area (Å²) in [7, 11) is 1.65. The lowest BCUT2D eigenvalue weighted by Crippen LogP contribution is -2.55. The molecule has 1 unspecified atom stereocenters. The molecule has 0 radical (unpaired) electrons. The van der Waals surface area contributed by atoms with E-state index in [0.29, 0.717) is 44.3 Å². The number of amides is 1. The molecule has 2 saturated heterocycles. The van der Waals surface area contributed by atoms with Crippen molar-refractivity contribution in [3.8, 4) is 5.75 Å². The van der Waals surface area contributed by atoms with Crippen molar-refractivity contribution in [2.45, 2.75) is 31.7 Å². The molecule has 1 N–H and O–H groups in total. The maximum Gasteiger partial charge on any atom is 0.422 e. The SMILES string of the molecule is CN=C(NCc1ccccc1OCC(F)(F)F)N1CCN(C(=O)C2CCCO2)CC1. The molecular formula is C20H27F3N4O3. The first-order valence-corrected chi connectivity index (χ1v) is 10.0. The number of hydrogen-bond donors (Lipinski definition) is 1. The van der Waals surface area contributed by atoms with Gasteiger partial charge >= 0.3 is 6.18 Å². The average Bonchev–Trinajstić information content (AvgIpc) is 3.28. The Bertz CT molecular complexity index is 743. The third-order valence-electron chi connectivity index (χ3n) is 5.11. The topological polar surface area (TPSA) is 66.4 Å². The van der Waals surface area contributed by atoms with Crippen LogP contribution < -0.4 is 10.1 Å². The molecule has 166 valence electrons. The van der Waals surface area contributed by atoms with Crippen LogP contribution in [0.25, 0.3) is 0 Å². The molecule has 2 heterocycles. The number of benzene rings is 1. The molecule has 1 aromatic rings. The lowest BCUT2D eigenvalue weighted by Gasteiger charge is -2.37. The van der Waals surface area contributed by atoms with Crippen molar-refractivity contribution >= 4 is 11.9 Å². The number of nitrogens with one attached hydrogen (secondary N) is 1. The van der Waals surface area contributed by atoms with E-state index in [9.17, 15) is 18.0 Å². The molecule has 0 saturated carbocycles. The highest BCUT2D eigenvalue weighted by molar-refractivity contribution is 5.82. The second-order valence-electron chi connectivity index (χ2n) is 7.23. The molecule has 1 amide bonds. The van der Waals surface area contributed by atoms with Crippen LogP contribution in [0.4, 0.5) is 13.2 Å². The lowest BCUT2D eigenvalue weighted by molar-refractivity contribution is -0.153. The van der Waals surface area contributed by atoms with E-state index in [-0.39, 0.29) is 24.3 Å². The van der Waals surface area contributed by atoms with Crippen LogP contribution in [0.5, 0.6) is 5.75 Å². The van der Waals surface area contributed by atoms with Crippen molar-refractivity contribution in [3.63, 3.8) is 0 Å². The van der Waals surface area contributed by atoms with Crippen LogP contribution in [0.15, 0.2) is 29.3 Å². The minimum absolute atomic E-state index is 0.0471. The number of nitrogens with zero attached hydrogens (tertiary/aromatic N) is 3. The molecule has 0 aliphatic carbocycles. The van der Waals surface area contributed by atoms with Crippen LogP contribution in [0.3, 0.4) is 0 Å². The highest BCUT2D eigenvalue weighted by Crippen LogP contribution is 2.22. The first kappa shape index (κ1) is 22.2. The van der Waals surface area contributed by atoms with E-state index >= 15 is 0 Å². The Kier molecular flexibility index (Phi) is 7.41. The molecule has 0 aromatic heterocycles. The Labute approximate surface area is 173 Å². The number of piperazine rings is 1. The smallest absolute Gasteiger partial charge is 0.422 e. The number of aliphatic imine (C=N–C) groups is 1. The van der Waals surface area contributed by atoms with Gasteiger partial charge in [0.05, 0.1) is 0 Å². The minimum atomic E-state index is -4.39. The van der Waals surface area contributed by atoms with Gasteiger partial charge < -0.3 is 24.6 Å². The van der Waals surface area contributed by atoms with Crippen LogP contribution in [0, 0.1) is 0 Å². The van der Waals surface area contributed by atoms with Gasteiger partial charge in [-0.1, -0.05) is 18.2 Å². The monoisotopic (exact) mass is 428 g/mol. The number of para-hydroxylation sites is 1. The predicted molar refractivity (Wildman–Crippen MR) is 105 cm³/mol. The number of ether oxygens (including phenoxy) is 2.